The predicted molar refractivity (Wildman–Crippen MR) is 36.3 cm³/mol. The van der Waals surface area contributed by atoms with E-state index in [1.54, 1.807) is 0 Å². The Morgan fingerprint density at radius 1 is 1.42 bits per heavy atom. The molecular weight excluding hydrogens is 169 g/mol. The Morgan fingerprint density at radius 3 is 2.50 bits per heavy atom. The summed E-state index contributed by atoms with van der Waals surface area (Å²) in [6.45, 7) is 0. The number of hydrogen-bond donors (Lipinski definition) is 1. The van der Waals surface area contributed by atoms with Gasteiger partial charge in [0, 0.05) is 0 Å². The molecule has 1 unspecified atom stereocenters. The fraction of sp³-hybridized carbons (Fsp3) is 0.250. The van der Waals surface area contributed by atoms with Crippen molar-refractivity contribution in [3.8, 4) is 0 Å². The van der Waals surface area contributed by atoms with Crippen LogP contribution in [0, 0.1) is 6.07 Å². The van der Waals surface area contributed by atoms with Gasteiger partial charge in [0.15, 0.2) is 6.10 Å². The van der Waals surface area contributed by atoms with Crippen LogP contribution in [-0.4, -0.2) is 11.3 Å². The fourth-order valence-corrected chi connectivity index (χ4v) is 0.766. The summed E-state index contributed by atoms with van der Waals surface area (Å²) in [5.41, 5.74) is -0.190. The second-order valence-electron chi connectivity index (χ2n) is 2.28. The summed E-state index contributed by atoms with van der Waals surface area (Å²) in [6, 6.07) is 7.62. The van der Waals surface area contributed by atoms with E-state index in [0.29, 0.717) is 0 Å². The lowest BCUT2D eigenvalue weighted by Gasteiger charge is -2.13. The normalized spacial score (nSPS) is 14.3. The molecule has 1 radical (unpaired) electrons. The minimum absolute atomic E-state index is 0.190. The highest BCUT2D eigenvalue weighted by atomic mass is 19.4. The van der Waals surface area contributed by atoms with Gasteiger partial charge in [-0.25, -0.2) is 0 Å². The van der Waals surface area contributed by atoms with Gasteiger partial charge in [0.1, 0.15) is 0 Å². The second kappa shape index (κ2) is 3.15. The van der Waals surface area contributed by atoms with Gasteiger partial charge in [-0.15, -0.1) is 0 Å². The van der Waals surface area contributed by atoms with Crippen molar-refractivity contribution in [3.05, 3.63) is 35.9 Å². The smallest absolute Gasteiger partial charge is 0.379 e. The molecule has 1 N–H and O–H groups in total. The van der Waals surface area contributed by atoms with E-state index in [4.69, 9.17) is 5.11 Å². The first kappa shape index (κ1) is 9.06. The third-order valence-corrected chi connectivity index (χ3v) is 1.36. The van der Waals surface area contributed by atoms with Crippen molar-refractivity contribution in [2.24, 2.45) is 0 Å². The topological polar surface area (TPSA) is 20.2 Å². The summed E-state index contributed by atoms with van der Waals surface area (Å²) < 4.78 is 35.6. The number of aliphatic hydroxyl groups is 1. The number of hydrogen-bond acceptors (Lipinski definition) is 1. The highest BCUT2D eigenvalue weighted by Crippen LogP contribution is 2.31. The number of aliphatic hydroxyl groups excluding tert-OH is 1. The molecule has 0 aliphatic rings. The molecule has 0 saturated heterocycles. The molecular formula is C8H6F3O. The zero-order valence-corrected chi connectivity index (χ0v) is 5.97. The maximum atomic E-state index is 11.9. The third-order valence-electron chi connectivity index (χ3n) is 1.36. The zero-order chi connectivity index (χ0) is 9.19. The molecule has 1 aromatic carbocycles. The molecule has 4 heteroatoms. The molecule has 0 spiro atoms. The largest absolute Gasteiger partial charge is 0.418 e. The van der Waals surface area contributed by atoms with E-state index in [1.807, 2.05) is 0 Å². The summed E-state index contributed by atoms with van der Waals surface area (Å²) in [6.07, 6.45) is -7.01. The van der Waals surface area contributed by atoms with Gasteiger partial charge in [-0.2, -0.15) is 13.2 Å². The Balaban J connectivity index is 2.86. The van der Waals surface area contributed by atoms with Crippen LogP contribution in [0.1, 0.15) is 11.7 Å². The first-order chi connectivity index (χ1) is 5.52. The van der Waals surface area contributed by atoms with Crippen LogP contribution < -0.4 is 0 Å². The van der Waals surface area contributed by atoms with Gasteiger partial charge in [0.2, 0.25) is 0 Å². The van der Waals surface area contributed by atoms with Crippen LogP contribution in [0.15, 0.2) is 24.3 Å². The quantitative estimate of drug-likeness (QED) is 0.692. The molecule has 12 heavy (non-hydrogen) atoms. The molecule has 0 bridgehead atoms. The van der Waals surface area contributed by atoms with Crippen molar-refractivity contribution in [1.82, 2.24) is 0 Å². The highest BCUT2D eigenvalue weighted by Gasteiger charge is 2.39. The number of benzene rings is 1. The van der Waals surface area contributed by atoms with E-state index in [0.717, 1.165) is 6.07 Å². The minimum Gasteiger partial charge on any atom is -0.379 e. The first-order valence-electron chi connectivity index (χ1n) is 3.22. The van der Waals surface area contributed by atoms with E-state index in [-0.39, 0.29) is 5.56 Å². The molecule has 0 fully saturated rings. The van der Waals surface area contributed by atoms with Crippen molar-refractivity contribution < 1.29 is 18.3 Å². The molecule has 1 atom stereocenters. The summed E-state index contributed by atoms with van der Waals surface area (Å²) >= 11 is 0. The van der Waals surface area contributed by atoms with Crippen molar-refractivity contribution in [1.29, 1.82) is 0 Å². The lowest BCUT2D eigenvalue weighted by molar-refractivity contribution is -0.206. The predicted octanol–water partition coefficient (Wildman–Crippen LogP) is 2.08. The Morgan fingerprint density at radius 2 is 2.08 bits per heavy atom. The average Bonchev–Trinajstić information content (AvgIpc) is 2.03. The highest BCUT2D eigenvalue weighted by molar-refractivity contribution is 5.17. The van der Waals surface area contributed by atoms with Crippen LogP contribution >= 0.6 is 0 Å². The third kappa shape index (κ3) is 1.98. The van der Waals surface area contributed by atoms with Crippen LogP contribution in [0.4, 0.5) is 13.2 Å². The van der Waals surface area contributed by atoms with E-state index in [9.17, 15) is 13.2 Å². The summed E-state index contributed by atoms with van der Waals surface area (Å²) in [5.74, 6) is 0. The molecule has 1 nitrogen and oxygen atoms in total. The monoisotopic (exact) mass is 175 g/mol. The Kier molecular flexibility index (Phi) is 2.38. The maximum absolute atomic E-state index is 11.9. The number of rotatable bonds is 1. The summed E-state index contributed by atoms with van der Waals surface area (Å²) in [5, 5.41) is 8.71. The molecule has 0 aliphatic heterocycles. The Bertz CT molecular complexity index is 242. The van der Waals surface area contributed by atoms with Crippen LogP contribution in [0.2, 0.25) is 0 Å². The molecule has 0 saturated carbocycles. The summed E-state index contributed by atoms with van der Waals surface area (Å²) in [7, 11) is 0. The van der Waals surface area contributed by atoms with Gasteiger partial charge >= 0.3 is 6.18 Å². The van der Waals surface area contributed by atoms with Crippen molar-refractivity contribution >= 4 is 0 Å². The molecule has 0 amide bonds. The van der Waals surface area contributed by atoms with Crippen molar-refractivity contribution in [3.63, 3.8) is 0 Å². The van der Waals surface area contributed by atoms with Crippen LogP contribution in [0.5, 0.6) is 0 Å². The van der Waals surface area contributed by atoms with E-state index in [1.165, 1.54) is 18.2 Å². The van der Waals surface area contributed by atoms with Crippen LogP contribution in [0.25, 0.3) is 0 Å². The standard InChI is InChI=1S/C8H6F3O/c9-8(10,11)7(12)6-4-2-1-3-5-6/h1-2,4-5,7,12H. The molecule has 0 aromatic heterocycles. The van der Waals surface area contributed by atoms with E-state index in [2.05, 4.69) is 6.07 Å². The first-order valence-corrected chi connectivity index (χ1v) is 3.22. The van der Waals surface area contributed by atoms with Crippen molar-refractivity contribution in [2.75, 3.05) is 0 Å². The molecule has 1 rings (SSSR count). The molecule has 1 aromatic rings. The van der Waals surface area contributed by atoms with Gasteiger partial charge in [0.25, 0.3) is 0 Å². The van der Waals surface area contributed by atoms with Crippen LogP contribution in [-0.2, 0) is 0 Å². The zero-order valence-electron chi connectivity index (χ0n) is 5.97. The average molecular weight is 175 g/mol. The van der Waals surface area contributed by atoms with Gasteiger partial charge < -0.3 is 5.11 Å². The van der Waals surface area contributed by atoms with Crippen molar-refractivity contribution in [2.45, 2.75) is 12.3 Å². The maximum Gasteiger partial charge on any atom is 0.418 e. The van der Waals surface area contributed by atoms with Gasteiger partial charge in [-0.05, 0) is 17.7 Å². The van der Waals surface area contributed by atoms with E-state index >= 15 is 0 Å². The van der Waals surface area contributed by atoms with Gasteiger partial charge in [0.05, 0.1) is 0 Å². The lowest BCUT2D eigenvalue weighted by Crippen LogP contribution is -2.19. The van der Waals surface area contributed by atoms with Crippen LogP contribution in [0.3, 0.4) is 0 Å². The number of alkyl halides is 3. The lowest BCUT2D eigenvalue weighted by atomic mass is 10.1. The molecule has 65 valence electrons. The van der Waals surface area contributed by atoms with Gasteiger partial charge in [-0.1, -0.05) is 18.2 Å². The SMILES string of the molecule is OC(c1c[c]ccc1)C(F)(F)F. The Labute approximate surface area is 67.5 Å². The van der Waals surface area contributed by atoms with Gasteiger partial charge in [-0.3, -0.25) is 0 Å². The fourth-order valence-electron chi connectivity index (χ4n) is 0.766. The molecule has 0 heterocycles. The minimum atomic E-state index is -4.60. The van der Waals surface area contributed by atoms with E-state index < -0.39 is 12.3 Å². The second-order valence-corrected chi connectivity index (χ2v) is 2.28. The number of halogens is 3. The Hall–Kier alpha value is -1.03. The summed E-state index contributed by atoms with van der Waals surface area (Å²) in [4.78, 5) is 0. The molecule has 0 aliphatic carbocycles.